The van der Waals surface area contributed by atoms with E-state index < -0.39 is 12.1 Å². The number of rotatable bonds is 7. The lowest BCUT2D eigenvalue weighted by atomic mass is 10.1. The number of aliphatic hydroxyl groups excluding tert-OH is 1. The van der Waals surface area contributed by atoms with Gasteiger partial charge in [0.05, 0.1) is 18.7 Å². The molecule has 1 fully saturated rings. The summed E-state index contributed by atoms with van der Waals surface area (Å²) in [4.78, 5) is 26.2. The highest BCUT2D eigenvalue weighted by atomic mass is 16.4. The number of carboxylic acid groups (broad SMARTS) is 1. The molecule has 0 aromatic heterocycles. The molecule has 0 bridgehead atoms. The van der Waals surface area contributed by atoms with E-state index in [4.69, 9.17) is 5.11 Å². The highest BCUT2D eigenvalue weighted by molar-refractivity contribution is 5.76. The molecule has 1 unspecified atom stereocenters. The van der Waals surface area contributed by atoms with Crippen LogP contribution < -0.4 is 0 Å². The summed E-state index contributed by atoms with van der Waals surface area (Å²) in [5, 5.41) is 18.9. The van der Waals surface area contributed by atoms with Crippen molar-refractivity contribution in [2.45, 2.75) is 31.4 Å². The highest BCUT2D eigenvalue weighted by Crippen LogP contribution is 2.17. The second-order valence-corrected chi connectivity index (χ2v) is 6.08. The van der Waals surface area contributed by atoms with Gasteiger partial charge in [-0.2, -0.15) is 0 Å². The second-order valence-electron chi connectivity index (χ2n) is 6.08. The van der Waals surface area contributed by atoms with Crippen LogP contribution in [-0.2, 0) is 16.0 Å². The van der Waals surface area contributed by atoms with Gasteiger partial charge in [0.2, 0.25) is 5.91 Å². The van der Waals surface area contributed by atoms with Crippen molar-refractivity contribution < 1.29 is 19.8 Å². The van der Waals surface area contributed by atoms with Crippen LogP contribution in [0.15, 0.2) is 30.3 Å². The van der Waals surface area contributed by atoms with Crippen LogP contribution >= 0.6 is 0 Å². The Kier molecular flexibility index (Phi) is 6.12. The number of hydrogen-bond acceptors (Lipinski definition) is 4. The van der Waals surface area contributed by atoms with Crippen molar-refractivity contribution in [3.8, 4) is 0 Å². The number of aliphatic carboxylic acids is 1. The summed E-state index contributed by atoms with van der Waals surface area (Å²) < 4.78 is 0. The van der Waals surface area contributed by atoms with E-state index in [0.29, 0.717) is 13.0 Å². The van der Waals surface area contributed by atoms with E-state index in [-0.39, 0.29) is 25.0 Å². The van der Waals surface area contributed by atoms with Gasteiger partial charge in [-0.3, -0.25) is 14.5 Å². The van der Waals surface area contributed by atoms with Crippen molar-refractivity contribution in [3.63, 3.8) is 0 Å². The number of aliphatic hydroxyl groups is 1. The van der Waals surface area contributed by atoms with E-state index in [1.807, 2.05) is 30.3 Å². The van der Waals surface area contributed by atoms with Gasteiger partial charge in [-0.15, -0.1) is 0 Å². The van der Waals surface area contributed by atoms with Gasteiger partial charge in [0.15, 0.2) is 0 Å². The minimum Gasteiger partial charge on any atom is -0.480 e. The maximum absolute atomic E-state index is 12.3. The normalized spacial score (nSPS) is 20.9. The summed E-state index contributed by atoms with van der Waals surface area (Å²) in [6.07, 6.45) is 1.37. The fourth-order valence-corrected chi connectivity index (χ4v) is 2.98. The SMILES string of the molecule is CN(CC(=O)O)C1CN(C(=O)CCCc2ccccc2)C[C@H]1O. The second kappa shape index (κ2) is 8.08. The predicted molar refractivity (Wildman–Crippen MR) is 86.0 cm³/mol. The Morgan fingerprint density at radius 1 is 1.26 bits per heavy atom. The maximum Gasteiger partial charge on any atom is 0.317 e. The van der Waals surface area contributed by atoms with Gasteiger partial charge >= 0.3 is 5.97 Å². The van der Waals surface area contributed by atoms with Gasteiger partial charge in [-0.25, -0.2) is 0 Å². The summed E-state index contributed by atoms with van der Waals surface area (Å²) in [6, 6.07) is 9.70. The Balaban J connectivity index is 1.78. The average Bonchev–Trinajstić information content (AvgIpc) is 2.90. The average molecular weight is 320 g/mol. The number of β-amino-alcohol motifs (C(OH)–C–C–N with tert-alkyl or cyclic N) is 1. The largest absolute Gasteiger partial charge is 0.480 e. The summed E-state index contributed by atoms with van der Waals surface area (Å²) in [5.41, 5.74) is 1.21. The first-order valence-corrected chi connectivity index (χ1v) is 7.89. The molecule has 1 aromatic rings. The highest BCUT2D eigenvalue weighted by Gasteiger charge is 2.36. The minimum absolute atomic E-state index is 0.0196. The summed E-state index contributed by atoms with van der Waals surface area (Å²) in [5.74, 6) is -0.918. The molecule has 0 aliphatic carbocycles. The fraction of sp³-hybridized carbons (Fsp3) is 0.529. The standard InChI is InChI=1S/C17H24N2O4/c1-18(12-17(22)23)14-10-19(11-15(14)20)16(21)9-5-8-13-6-3-2-4-7-13/h2-4,6-7,14-15,20H,5,8-12H2,1H3,(H,22,23)/t14?,15-/m1/s1. The Hall–Kier alpha value is -1.92. The number of likely N-dealkylation sites (N-methyl/N-ethyl adjacent to an activating group) is 1. The van der Waals surface area contributed by atoms with Crippen molar-refractivity contribution in [2.24, 2.45) is 0 Å². The van der Waals surface area contributed by atoms with E-state index in [1.165, 1.54) is 5.56 Å². The molecule has 2 atom stereocenters. The first-order valence-electron chi connectivity index (χ1n) is 7.89. The molecular weight excluding hydrogens is 296 g/mol. The van der Waals surface area contributed by atoms with E-state index >= 15 is 0 Å². The molecule has 0 saturated carbocycles. The van der Waals surface area contributed by atoms with Crippen LogP contribution in [0.3, 0.4) is 0 Å². The van der Waals surface area contributed by atoms with E-state index in [1.54, 1.807) is 16.8 Å². The number of nitrogens with zero attached hydrogens (tertiary/aromatic N) is 2. The van der Waals surface area contributed by atoms with Gasteiger partial charge in [0.1, 0.15) is 0 Å². The molecule has 2 rings (SSSR count). The summed E-state index contributed by atoms with van der Waals surface area (Å²) >= 11 is 0. The van der Waals surface area contributed by atoms with Crippen LogP contribution in [-0.4, -0.2) is 70.7 Å². The van der Waals surface area contributed by atoms with Crippen molar-refractivity contribution in [1.29, 1.82) is 0 Å². The third kappa shape index (κ3) is 5.04. The number of likely N-dealkylation sites (tertiary alicyclic amines) is 1. The summed E-state index contributed by atoms with van der Waals surface area (Å²) in [6.45, 7) is 0.520. The third-order valence-corrected chi connectivity index (χ3v) is 4.26. The van der Waals surface area contributed by atoms with Crippen molar-refractivity contribution >= 4 is 11.9 Å². The quantitative estimate of drug-likeness (QED) is 0.769. The number of amides is 1. The van der Waals surface area contributed by atoms with Gasteiger partial charge in [-0.1, -0.05) is 30.3 Å². The third-order valence-electron chi connectivity index (χ3n) is 4.26. The van der Waals surface area contributed by atoms with Crippen LogP contribution in [0, 0.1) is 0 Å². The number of benzene rings is 1. The van der Waals surface area contributed by atoms with Crippen molar-refractivity contribution in [1.82, 2.24) is 9.80 Å². The molecule has 6 heteroatoms. The Labute approximate surface area is 136 Å². The smallest absolute Gasteiger partial charge is 0.317 e. The maximum atomic E-state index is 12.3. The Morgan fingerprint density at radius 2 is 1.96 bits per heavy atom. The molecule has 1 saturated heterocycles. The zero-order valence-corrected chi connectivity index (χ0v) is 13.4. The Morgan fingerprint density at radius 3 is 2.61 bits per heavy atom. The molecule has 126 valence electrons. The lowest BCUT2D eigenvalue weighted by molar-refractivity contribution is -0.138. The number of aryl methyl sites for hydroxylation is 1. The molecule has 1 heterocycles. The molecule has 6 nitrogen and oxygen atoms in total. The van der Waals surface area contributed by atoms with E-state index in [9.17, 15) is 14.7 Å². The molecule has 0 spiro atoms. The van der Waals surface area contributed by atoms with Gasteiger partial charge in [0.25, 0.3) is 0 Å². The van der Waals surface area contributed by atoms with Crippen molar-refractivity contribution in [2.75, 3.05) is 26.7 Å². The number of carboxylic acids is 1. The van der Waals surface area contributed by atoms with Crippen molar-refractivity contribution in [3.05, 3.63) is 35.9 Å². The molecule has 1 amide bonds. The first kappa shape index (κ1) is 17.4. The summed E-state index contributed by atoms with van der Waals surface area (Å²) in [7, 11) is 1.66. The first-order chi connectivity index (χ1) is 11.0. The minimum atomic E-state index is -0.938. The lowest BCUT2D eigenvalue weighted by Crippen LogP contribution is -2.43. The fourth-order valence-electron chi connectivity index (χ4n) is 2.98. The van der Waals surface area contributed by atoms with Crippen LogP contribution in [0.4, 0.5) is 0 Å². The molecule has 23 heavy (non-hydrogen) atoms. The van der Waals surface area contributed by atoms with Gasteiger partial charge in [0, 0.05) is 19.5 Å². The Bertz CT molecular complexity index is 535. The molecule has 2 N–H and O–H groups in total. The van der Waals surface area contributed by atoms with Crippen LogP contribution in [0.2, 0.25) is 0 Å². The van der Waals surface area contributed by atoms with Crippen LogP contribution in [0.5, 0.6) is 0 Å². The lowest BCUT2D eigenvalue weighted by Gasteiger charge is -2.24. The molecular formula is C17H24N2O4. The number of carbonyl (C=O) groups is 2. The molecule has 1 aliphatic heterocycles. The topological polar surface area (TPSA) is 81.1 Å². The van der Waals surface area contributed by atoms with Gasteiger partial charge < -0.3 is 15.1 Å². The predicted octanol–water partition coefficient (Wildman–Crippen LogP) is 0.597. The molecule has 0 radical (unpaired) electrons. The zero-order valence-electron chi connectivity index (χ0n) is 13.4. The van der Waals surface area contributed by atoms with Crippen LogP contribution in [0.25, 0.3) is 0 Å². The monoisotopic (exact) mass is 320 g/mol. The molecule has 1 aliphatic rings. The van der Waals surface area contributed by atoms with E-state index in [2.05, 4.69) is 0 Å². The number of hydrogen-bond donors (Lipinski definition) is 2. The zero-order chi connectivity index (χ0) is 16.8. The number of carbonyl (C=O) groups excluding carboxylic acids is 1. The van der Waals surface area contributed by atoms with Crippen LogP contribution in [0.1, 0.15) is 18.4 Å². The van der Waals surface area contributed by atoms with Gasteiger partial charge in [-0.05, 0) is 25.5 Å². The molecule has 1 aromatic carbocycles. The van der Waals surface area contributed by atoms with E-state index in [0.717, 1.165) is 12.8 Å².